The molecule has 0 aliphatic heterocycles. The lowest BCUT2D eigenvalue weighted by Gasteiger charge is -2.01. The molecule has 0 fully saturated rings. The molecule has 0 aliphatic carbocycles. The van der Waals surface area contributed by atoms with Gasteiger partial charge in [-0.05, 0) is 52.3 Å². The summed E-state index contributed by atoms with van der Waals surface area (Å²) in [6, 6.07) is 2.15. The van der Waals surface area contributed by atoms with Crippen LogP contribution in [0.5, 0.6) is 0 Å². The van der Waals surface area contributed by atoms with Gasteiger partial charge in [0.15, 0.2) is 0 Å². The fourth-order valence-electron chi connectivity index (χ4n) is 1.15. The van der Waals surface area contributed by atoms with Gasteiger partial charge in [-0.15, -0.1) is 23.7 Å². The van der Waals surface area contributed by atoms with Crippen LogP contribution in [0.3, 0.4) is 0 Å². The molecule has 0 spiro atoms. The Balaban J connectivity index is 2.02. The Morgan fingerprint density at radius 2 is 2.36 bits per heavy atom. The van der Waals surface area contributed by atoms with Gasteiger partial charge in [-0.25, -0.2) is 0 Å². The average Bonchev–Trinajstić information content (AvgIpc) is 2.58. The maximum atomic E-state index is 5.16. The summed E-state index contributed by atoms with van der Waals surface area (Å²) in [6.45, 7) is 2.01. The smallest absolute Gasteiger partial charge is 0.0701 e. The number of halogens is 1. The van der Waals surface area contributed by atoms with Crippen molar-refractivity contribution in [2.75, 3.05) is 6.54 Å². The Hall–Kier alpha value is -0.300. The van der Waals surface area contributed by atoms with Crippen LogP contribution < -0.4 is 5.32 Å². The fourth-order valence-corrected chi connectivity index (χ4v) is 2.36. The maximum Gasteiger partial charge on any atom is 0.0701 e. The molecule has 76 valence electrons. The number of terminal acetylenes is 1. The van der Waals surface area contributed by atoms with Gasteiger partial charge in [0, 0.05) is 13.0 Å². The highest BCUT2D eigenvalue weighted by atomic mass is 79.9. The van der Waals surface area contributed by atoms with E-state index in [1.807, 2.05) is 0 Å². The standard InChI is InChI=1S/C11H14BrNS/c1-2-3-4-5-6-13-8-10-7-11(12)14-9-10/h1,7,9,13H,3-6,8H2. The quantitative estimate of drug-likeness (QED) is 0.618. The highest BCUT2D eigenvalue weighted by Crippen LogP contribution is 2.20. The number of unbranched alkanes of at least 4 members (excludes halogenated alkanes) is 2. The van der Waals surface area contributed by atoms with Crippen LogP contribution in [0, 0.1) is 12.3 Å². The zero-order valence-electron chi connectivity index (χ0n) is 8.05. The Labute approximate surface area is 98.0 Å². The predicted molar refractivity (Wildman–Crippen MR) is 66.4 cm³/mol. The largest absolute Gasteiger partial charge is 0.313 e. The first-order valence-corrected chi connectivity index (χ1v) is 6.37. The second-order valence-corrected chi connectivity index (χ2v) is 5.39. The molecule has 3 heteroatoms. The van der Waals surface area contributed by atoms with E-state index in [-0.39, 0.29) is 0 Å². The summed E-state index contributed by atoms with van der Waals surface area (Å²) in [7, 11) is 0. The maximum absolute atomic E-state index is 5.16. The molecule has 0 atom stereocenters. The van der Waals surface area contributed by atoms with Gasteiger partial charge in [-0.2, -0.15) is 0 Å². The zero-order valence-corrected chi connectivity index (χ0v) is 10.5. The van der Waals surface area contributed by atoms with Crippen LogP contribution in [0.4, 0.5) is 0 Å². The van der Waals surface area contributed by atoms with Crippen LogP contribution in [0.1, 0.15) is 24.8 Å². The minimum absolute atomic E-state index is 0.895. The van der Waals surface area contributed by atoms with E-state index in [0.717, 1.165) is 32.4 Å². The van der Waals surface area contributed by atoms with E-state index in [0.29, 0.717) is 0 Å². The molecule has 1 N–H and O–H groups in total. The highest BCUT2D eigenvalue weighted by Gasteiger charge is 1.95. The molecule has 1 heterocycles. The van der Waals surface area contributed by atoms with Gasteiger partial charge in [0.25, 0.3) is 0 Å². The Kier molecular flexibility index (Phi) is 5.93. The van der Waals surface area contributed by atoms with E-state index in [4.69, 9.17) is 6.42 Å². The van der Waals surface area contributed by atoms with E-state index >= 15 is 0 Å². The van der Waals surface area contributed by atoms with Gasteiger partial charge < -0.3 is 5.32 Å². The molecule has 0 saturated carbocycles. The summed E-state index contributed by atoms with van der Waals surface area (Å²) < 4.78 is 1.20. The summed E-state index contributed by atoms with van der Waals surface area (Å²) in [5.74, 6) is 2.65. The third-order valence-corrected chi connectivity index (χ3v) is 3.43. The summed E-state index contributed by atoms with van der Waals surface area (Å²) in [6.07, 6.45) is 8.34. The van der Waals surface area contributed by atoms with Gasteiger partial charge in [0.05, 0.1) is 3.79 Å². The molecular formula is C11H14BrNS. The van der Waals surface area contributed by atoms with Crippen molar-refractivity contribution in [1.29, 1.82) is 0 Å². The molecule has 0 unspecified atom stereocenters. The lowest BCUT2D eigenvalue weighted by atomic mass is 10.2. The summed E-state index contributed by atoms with van der Waals surface area (Å²) in [5.41, 5.74) is 1.35. The van der Waals surface area contributed by atoms with Crippen LogP contribution in [0.2, 0.25) is 0 Å². The molecule has 1 nitrogen and oxygen atoms in total. The monoisotopic (exact) mass is 271 g/mol. The number of thiophene rings is 1. The van der Waals surface area contributed by atoms with Gasteiger partial charge >= 0.3 is 0 Å². The van der Waals surface area contributed by atoms with Crippen LogP contribution in [0.15, 0.2) is 15.2 Å². The third-order valence-electron chi connectivity index (χ3n) is 1.88. The minimum atomic E-state index is 0.895. The second-order valence-electron chi connectivity index (χ2n) is 3.10. The zero-order chi connectivity index (χ0) is 10.2. The molecule has 0 amide bonds. The molecule has 0 aromatic carbocycles. The van der Waals surface area contributed by atoms with Crippen LogP contribution in [-0.2, 0) is 6.54 Å². The van der Waals surface area contributed by atoms with Gasteiger partial charge in [-0.3, -0.25) is 0 Å². The number of rotatable bonds is 6. The molecule has 0 saturated heterocycles. The van der Waals surface area contributed by atoms with Crippen LogP contribution in [-0.4, -0.2) is 6.54 Å². The summed E-state index contributed by atoms with van der Waals surface area (Å²) in [4.78, 5) is 0. The molecule has 1 rings (SSSR count). The minimum Gasteiger partial charge on any atom is -0.313 e. The lowest BCUT2D eigenvalue weighted by Crippen LogP contribution is -2.13. The second kappa shape index (κ2) is 7.05. The summed E-state index contributed by atoms with van der Waals surface area (Å²) in [5, 5.41) is 5.56. The molecule has 0 aliphatic rings. The third kappa shape index (κ3) is 4.80. The summed E-state index contributed by atoms with van der Waals surface area (Å²) >= 11 is 5.17. The van der Waals surface area contributed by atoms with Gasteiger partial charge in [0.2, 0.25) is 0 Å². The van der Waals surface area contributed by atoms with Crippen LogP contribution in [0.25, 0.3) is 0 Å². The van der Waals surface area contributed by atoms with Gasteiger partial charge in [0.1, 0.15) is 0 Å². The van der Waals surface area contributed by atoms with Crippen molar-refractivity contribution in [2.24, 2.45) is 0 Å². The Morgan fingerprint density at radius 1 is 1.50 bits per heavy atom. The van der Waals surface area contributed by atoms with Crippen molar-refractivity contribution in [3.63, 3.8) is 0 Å². The first-order valence-electron chi connectivity index (χ1n) is 4.70. The number of hydrogen-bond acceptors (Lipinski definition) is 2. The topological polar surface area (TPSA) is 12.0 Å². The number of nitrogens with one attached hydrogen (secondary N) is 1. The normalized spacial score (nSPS) is 10.0. The van der Waals surface area contributed by atoms with Crippen molar-refractivity contribution in [3.8, 4) is 12.3 Å². The lowest BCUT2D eigenvalue weighted by molar-refractivity contribution is 0.630. The number of hydrogen-bond donors (Lipinski definition) is 1. The Morgan fingerprint density at radius 3 is 3.00 bits per heavy atom. The molecular weight excluding hydrogens is 258 g/mol. The van der Waals surface area contributed by atoms with E-state index in [9.17, 15) is 0 Å². The van der Waals surface area contributed by atoms with Crippen molar-refractivity contribution in [3.05, 3.63) is 20.8 Å². The van der Waals surface area contributed by atoms with E-state index < -0.39 is 0 Å². The molecule has 1 aromatic rings. The molecule has 0 bridgehead atoms. The van der Waals surface area contributed by atoms with E-state index in [1.165, 1.54) is 9.35 Å². The van der Waals surface area contributed by atoms with Crippen LogP contribution >= 0.6 is 27.3 Å². The van der Waals surface area contributed by atoms with E-state index in [2.05, 4.69) is 38.6 Å². The van der Waals surface area contributed by atoms with Crippen molar-refractivity contribution in [2.45, 2.75) is 25.8 Å². The average molecular weight is 272 g/mol. The molecule has 1 aromatic heterocycles. The first-order chi connectivity index (χ1) is 6.83. The first kappa shape index (κ1) is 11.8. The van der Waals surface area contributed by atoms with Crippen molar-refractivity contribution < 1.29 is 0 Å². The Bertz CT molecular complexity index is 300. The predicted octanol–water partition coefficient (Wildman–Crippen LogP) is 3.40. The van der Waals surface area contributed by atoms with Gasteiger partial charge in [-0.1, -0.05) is 0 Å². The molecule has 14 heavy (non-hydrogen) atoms. The fraction of sp³-hybridized carbons (Fsp3) is 0.455. The van der Waals surface area contributed by atoms with Crippen molar-refractivity contribution in [1.82, 2.24) is 5.32 Å². The molecule has 0 radical (unpaired) electrons. The van der Waals surface area contributed by atoms with Crippen molar-refractivity contribution >= 4 is 27.3 Å². The highest BCUT2D eigenvalue weighted by molar-refractivity contribution is 9.11. The van der Waals surface area contributed by atoms with E-state index in [1.54, 1.807) is 11.3 Å². The SMILES string of the molecule is C#CCCCCNCc1csc(Br)c1.